The first-order valence-electron chi connectivity index (χ1n) is 9.21. The molecule has 1 atom stereocenters. The van der Waals surface area contributed by atoms with Gasteiger partial charge in [0, 0.05) is 31.9 Å². The highest BCUT2D eigenvalue weighted by Gasteiger charge is 2.43. The van der Waals surface area contributed by atoms with E-state index in [0.29, 0.717) is 6.04 Å². The fraction of sp³-hybridized carbons (Fsp3) is 0.550. The molecule has 0 bridgehead atoms. The van der Waals surface area contributed by atoms with Gasteiger partial charge in [-0.05, 0) is 50.6 Å². The lowest BCUT2D eigenvalue weighted by molar-refractivity contribution is -0.0461. The Hall–Kier alpha value is -1.69. The van der Waals surface area contributed by atoms with Crippen LogP contribution in [0.4, 0.5) is 0 Å². The number of aromatic nitrogens is 1. The van der Waals surface area contributed by atoms with Crippen molar-refractivity contribution >= 4 is 0 Å². The Bertz CT molecular complexity index is 651. The second kappa shape index (κ2) is 7.28. The zero-order valence-corrected chi connectivity index (χ0v) is 14.9. The van der Waals surface area contributed by atoms with E-state index in [2.05, 4.69) is 40.0 Å². The predicted octanol–water partition coefficient (Wildman–Crippen LogP) is 2.93. The summed E-state index contributed by atoms with van der Waals surface area (Å²) < 4.78 is 11.8. The van der Waals surface area contributed by atoms with Gasteiger partial charge in [-0.25, -0.2) is 0 Å². The van der Waals surface area contributed by atoms with Crippen molar-refractivity contribution in [3.05, 3.63) is 54.2 Å². The molecular weight excluding hydrogens is 314 g/mol. The molecule has 0 N–H and O–H groups in total. The largest absolute Gasteiger partial charge is 0.468 e. The highest BCUT2D eigenvalue weighted by Crippen LogP contribution is 2.37. The summed E-state index contributed by atoms with van der Waals surface area (Å²) in [5.74, 6) is 1.05. The zero-order valence-electron chi connectivity index (χ0n) is 14.9. The minimum absolute atomic E-state index is 0.0721. The molecule has 2 fully saturated rings. The Morgan fingerprint density at radius 3 is 2.84 bits per heavy atom. The second-order valence-electron chi connectivity index (χ2n) is 7.44. The van der Waals surface area contributed by atoms with Crippen LogP contribution >= 0.6 is 0 Å². The second-order valence-corrected chi connectivity index (χ2v) is 7.44. The van der Waals surface area contributed by atoms with E-state index < -0.39 is 0 Å². The molecule has 1 spiro atoms. The van der Waals surface area contributed by atoms with Crippen LogP contribution in [0, 0.1) is 0 Å². The van der Waals surface area contributed by atoms with Crippen LogP contribution in [0.3, 0.4) is 0 Å². The van der Waals surface area contributed by atoms with E-state index in [-0.39, 0.29) is 5.60 Å². The Morgan fingerprint density at radius 1 is 1.24 bits per heavy atom. The number of pyridine rings is 1. The van der Waals surface area contributed by atoms with Crippen LogP contribution in [0.5, 0.6) is 0 Å². The lowest BCUT2D eigenvalue weighted by Crippen LogP contribution is -2.44. The predicted molar refractivity (Wildman–Crippen MR) is 96.0 cm³/mol. The molecule has 5 nitrogen and oxygen atoms in total. The third kappa shape index (κ3) is 3.94. The summed E-state index contributed by atoms with van der Waals surface area (Å²) in [6, 6.07) is 10.6. The van der Waals surface area contributed by atoms with E-state index in [1.807, 2.05) is 18.3 Å². The van der Waals surface area contributed by atoms with Gasteiger partial charge in [0.05, 0.1) is 30.7 Å². The van der Waals surface area contributed by atoms with E-state index in [1.165, 1.54) is 0 Å². The number of nitrogens with zero attached hydrogens (tertiary/aromatic N) is 3. The fourth-order valence-electron chi connectivity index (χ4n) is 4.07. The maximum absolute atomic E-state index is 6.32. The number of rotatable bonds is 5. The van der Waals surface area contributed by atoms with Crippen LogP contribution in [0.25, 0.3) is 0 Å². The van der Waals surface area contributed by atoms with Crippen molar-refractivity contribution in [1.29, 1.82) is 0 Å². The van der Waals surface area contributed by atoms with Gasteiger partial charge in [-0.2, -0.15) is 0 Å². The van der Waals surface area contributed by atoms with Gasteiger partial charge >= 0.3 is 0 Å². The molecule has 25 heavy (non-hydrogen) atoms. The molecule has 0 aromatic carbocycles. The van der Waals surface area contributed by atoms with Gasteiger partial charge < -0.3 is 9.15 Å². The summed E-state index contributed by atoms with van der Waals surface area (Å²) in [5.41, 5.74) is 1.20. The summed E-state index contributed by atoms with van der Waals surface area (Å²) in [5, 5.41) is 0. The lowest BCUT2D eigenvalue weighted by atomic mass is 9.87. The number of hydrogen-bond donors (Lipinski definition) is 0. The van der Waals surface area contributed by atoms with E-state index in [9.17, 15) is 0 Å². The molecule has 4 rings (SSSR count). The van der Waals surface area contributed by atoms with Gasteiger partial charge in [-0.1, -0.05) is 6.07 Å². The minimum Gasteiger partial charge on any atom is -0.468 e. The molecule has 0 aliphatic carbocycles. The quantitative estimate of drug-likeness (QED) is 0.836. The average Bonchev–Trinajstić information content (AvgIpc) is 3.29. The van der Waals surface area contributed by atoms with Crippen LogP contribution in [-0.2, 0) is 17.8 Å². The van der Waals surface area contributed by atoms with E-state index in [4.69, 9.17) is 9.15 Å². The van der Waals surface area contributed by atoms with Gasteiger partial charge in [0.15, 0.2) is 0 Å². The topological polar surface area (TPSA) is 41.7 Å². The molecule has 0 amide bonds. The minimum atomic E-state index is 0.0721. The Morgan fingerprint density at radius 2 is 2.12 bits per heavy atom. The van der Waals surface area contributed by atoms with E-state index in [0.717, 1.165) is 63.5 Å². The van der Waals surface area contributed by atoms with Crippen molar-refractivity contribution in [1.82, 2.24) is 14.8 Å². The maximum atomic E-state index is 6.32. The number of hydrogen-bond acceptors (Lipinski definition) is 5. The molecule has 0 saturated carbocycles. The number of furan rings is 1. The van der Waals surface area contributed by atoms with Crippen LogP contribution in [-0.4, -0.2) is 53.2 Å². The molecule has 2 aliphatic heterocycles. The Kier molecular flexibility index (Phi) is 4.88. The highest BCUT2D eigenvalue weighted by atomic mass is 16.5. The molecule has 5 heteroatoms. The molecule has 0 radical (unpaired) electrons. The molecule has 2 aromatic heterocycles. The molecule has 2 saturated heterocycles. The van der Waals surface area contributed by atoms with Crippen LogP contribution in [0.15, 0.2) is 47.2 Å². The summed E-state index contributed by atoms with van der Waals surface area (Å²) in [6.45, 7) is 4.79. The van der Waals surface area contributed by atoms with Crippen LogP contribution in [0.2, 0.25) is 0 Å². The van der Waals surface area contributed by atoms with E-state index >= 15 is 0 Å². The molecule has 134 valence electrons. The van der Waals surface area contributed by atoms with Crippen molar-refractivity contribution in [3.8, 4) is 0 Å². The smallest absolute Gasteiger partial charge is 0.117 e. The van der Waals surface area contributed by atoms with Crippen molar-refractivity contribution in [3.63, 3.8) is 0 Å². The van der Waals surface area contributed by atoms with Crippen molar-refractivity contribution in [2.45, 2.75) is 44.0 Å². The first-order chi connectivity index (χ1) is 12.2. The molecule has 2 aromatic rings. The maximum Gasteiger partial charge on any atom is 0.117 e. The molecule has 0 unspecified atom stereocenters. The fourth-order valence-corrected chi connectivity index (χ4v) is 4.07. The average molecular weight is 341 g/mol. The van der Waals surface area contributed by atoms with Gasteiger partial charge in [0.2, 0.25) is 0 Å². The first kappa shape index (κ1) is 16.8. The highest BCUT2D eigenvalue weighted by molar-refractivity contribution is 5.05. The Balaban J connectivity index is 1.28. The summed E-state index contributed by atoms with van der Waals surface area (Å²) in [7, 11) is 2.19. The monoisotopic (exact) mass is 341 g/mol. The summed E-state index contributed by atoms with van der Waals surface area (Å²) in [6.07, 6.45) is 6.97. The van der Waals surface area contributed by atoms with Gasteiger partial charge in [0.25, 0.3) is 0 Å². The van der Waals surface area contributed by atoms with Gasteiger partial charge in [-0.3, -0.25) is 14.8 Å². The number of piperidine rings is 1. The van der Waals surface area contributed by atoms with E-state index in [1.54, 1.807) is 6.26 Å². The summed E-state index contributed by atoms with van der Waals surface area (Å²) in [4.78, 5) is 9.31. The van der Waals surface area contributed by atoms with Crippen LogP contribution in [0.1, 0.15) is 30.7 Å². The number of likely N-dealkylation sites (N-methyl/N-ethyl adjacent to an activating group) is 1. The van der Waals surface area contributed by atoms with Crippen molar-refractivity contribution < 1.29 is 9.15 Å². The standard InChI is InChI=1S/C20H27N3O2/c1-22(14-17-5-2-3-9-21-17)18-13-20(25-16-18)7-10-23(11-8-20)15-19-6-4-12-24-19/h2-6,9,12,18H,7-8,10-11,13-16H2,1H3/t18-/m0/s1. The summed E-state index contributed by atoms with van der Waals surface area (Å²) >= 11 is 0. The molecule has 4 heterocycles. The normalized spacial score (nSPS) is 23.5. The van der Waals surface area contributed by atoms with Crippen molar-refractivity contribution in [2.75, 3.05) is 26.7 Å². The number of ether oxygens (including phenoxy) is 1. The molecular formula is C20H27N3O2. The first-order valence-corrected chi connectivity index (χ1v) is 9.21. The van der Waals surface area contributed by atoms with Crippen LogP contribution < -0.4 is 0 Å². The van der Waals surface area contributed by atoms with Gasteiger partial charge in [-0.15, -0.1) is 0 Å². The third-order valence-electron chi connectivity index (χ3n) is 5.68. The lowest BCUT2D eigenvalue weighted by Gasteiger charge is -2.38. The molecule has 2 aliphatic rings. The van der Waals surface area contributed by atoms with Crippen molar-refractivity contribution in [2.24, 2.45) is 0 Å². The Labute approximate surface area is 149 Å². The zero-order chi connectivity index (χ0) is 17.1. The van der Waals surface area contributed by atoms with Gasteiger partial charge in [0.1, 0.15) is 5.76 Å². The SMILES string of the molecule is CN(Cc1ccccn1)[C@@H]1COC2(CCN(Cc3ccco3)CC2)C1. The number of likely N-dealkylation sites (tertiary alicyclic amines) is 1. The third-order valence-corrected chi connectivity index (χ3v) is 5.68.